The van der Waals surface area contributed by atoms with E-state index in [1.165, 1.54) is 7.11 Å². The topological polar surface area (TPSA) is 87.7 Å². The Labute approximate surface area is 186 Å². The second-order valence-electron chi connectivity index (χ2n) is 9.06. The van der Waals surface area contributed by atoms with Gasteiger partial charge in [-0.15, -0.1) is 12.4 Å². The second-order valence-corrected chi connectivity index (χ2v) is 9.06. The van der Waals surface area contributed by atoms with Gasteiger partial charge >= 0.3 is 5.97 Å². The van der Waals surface area contributed by atoms with Gasteiger partial charge in [0.05, 0.1) is 7.11 Å². The molecule has 3 fully saturated rings. The molecular formula is C22H38ClN3O4. The van der Waals surface area contributed by atoms with Gasteiger partial charge in [0.2, 0.25) is 11.8 Å². The van der Waals surface area contributed by atoms with Gasteiger partial charge in [-0.3, -0.25) is 14.4 Å². The molecule has 0 atom stereocenters. The van der Waals surface area contributed by atoms with Crippen molar-refractivity contribution in [2.45, 2.75) is 70.3 Å². The Morgan fingerprint density at radius 2 is 1.50 bits per heavy atom. The van der Waals surface area contributed by atoms with Gasteiger partial charge in [0.1, 0.15) is 0 Å². The van der Waals surface area contributed by atoms with Gasteiger partial charge < -0.3 is 20.3 Å². The number of piperidine rings is 2. The Morgan fingerprint density at radius 3 is 2.10 bits per heavy atom. The Morgan fingerprint density at radius 1 is 0.900 bits per heavy atom. The molecule has 0 spiro atoms. The molecule has 2 heterocycles. The first kappa shape index (κ1) is 24.9. The minimum absolute atomic E-state index is 0. The Hall–Kier alpha value is -1.34. The summed E-state index contributed by atoms with van der Waals surface area (Å²) in [6.45, 7) is 3.52. The Kier molecular flexibility index (Phi) is 10.4. The van der Waals surface area contributed by atoms with Gasteiger partial charge in [-0.25, -0.2) is 0 Å². The number of carbonyl (C=O) groups excluding carboxylic acids is 3. The molecule has 30 heavy (non-hydrogen) atoms. The predicted molar refractivity (Wildman–Crippen MR) is 117 cm³/mol. The molecule has 0 radical (unpaired) electrons. The van der Waals surface area contributed by atoms with Crippen molar-refractivity contribution in [3.63, 3.8) is 0 Å². The third kappa shape index (κ3) is 7.41. The lowest BCUT2D eigenvalue weighted by atomic mass is 9.84. The molecular weight excluding hydrogens is 406 g/mol. The van der Waals surface area contributed by atoms with Crippen molar-refractivity contribution in [3.05, 3.63) is 0 Å². The number of carbonyl (C=O) groups is 3. The number of likely N-dealkylation sites (tertiary alicyclic amines) is 1. The number of halogens is 1. The fourth-order valence-electron chi connectivity index (χ4n) is 5.05. The molecule has 0 aromatic carbocycles. The van der Waals surface area contributed by atoms with Crippen LogP contribution in [0.25, 0.3) is 0 Å². The fraction of sp³-hybridized carbons (Fsp3) is 0.864. The van der Waals surface area contributed by atoms with Crippen LogP contribution in [-0.4, -0.2) is 62.0 Å². The molecule has 2 aliphatic heterocycles. The summed E-state index contributed by atoms with van der Waals surface area (Å²) in [5.74, 6) is 1.22. The van der Waals surface area contributed by atoms with Crippen molar-refractivity contribution >= 4 is 30.2 Å². The zero-order valence-corrected chi connectivity index (χ0v) is 19.0. The lowest BCUT2D eigenvalue weighted by molar-refractivity contribution is -0.142. The minimum Gasteiger partial charge on any atom is -0.469 e. The summed E-state index contributed by atoms with van der Waals surface area (Å²) in [6, 6.07) is 0.221. The van der Waals surface area contributed by atoms with E-state index in [2.05, 4.69) is 10.6 Å². The smallest absolute Gasteiger partial charge is 0.305 e. The number of hydrogen-bond acceptors (Lipinski definition) is 5. The molecule has 1 saturated carbocycles. The van der Waals surface area contributed by atoms with Crippen LogP contribution in [0.1, 0.15) is 64.2 Å². The average molecular weight is 444 g/mol. The van der Waals surface area contributed by atoms with Gasteiger partial charge in [0.15, 0.2) is 0 Å². The van der Waals surface area contributed by atoms with Crippen molar-refractivity contribution in [2.24, 2.45) is 17.8 Å². The summed E-state index contributed by atoms with van der Waals surface area (Å²) in [6.07, 6.45) is 8.54. The molecule has 8 heteroatoms. The van der Waals surface area contributed by atoms with Crippen molar-refractivity contribution in [1.82, 2.24) is 15.5 Å². The van der Waals surface area contributed by atoms with Gasteiger partial charge in [0.25, 0.3) is 0 Å². The SMILES string of the molecule is COC(=O)CC1CCN(C(=O)[C@H]2CC[C@H](NC(=O)CC3CCNCC3)CC2)CC1.Cl. The summed E-state index contributed by atoms with van der Waals surface area (Å²) in [7, 11) is 1.42. The van der Waals surface area contributed by atoms with Crippen LogP contribution in [-0.2, 0) is 19.1 Å². The van der Waals surface area contributed by atoms with E-state index in [0.717, 1.165) is 77.5 Å². The number of esters is 1. The molecule has 2 amide bonds. The lowest BCUT2D eigenvalue weighted by Crippen LogP contribution is -2.45. The first-order valence-electron chi connectivity index (χ1n) is 11.4. The van der Waals surface area contributed by atoms with Crippen LogP contribution in [0.3, 0.4) is 0 Å². The highest BCUT2D eigenvalue weighted by molar-refractivity contribution is 5.85. The predicted octanol–water partition coefficient (Wildman–Crippen LogP) is 2.27. The van der Waals surface area contributed by atoms with Crippen LogP contribution < -0.4 is 10.6 Å². The van der Waals surface area contributed by atoms with E-state index in [1.807, 2.05) is 4.90 Å². The van der Waals surface area contributed by atoms with Crippen LogP contribution in [0.2, 0.25) is 0 Å². The highest BCUT2D eigenvalue weighted by Gasteiger charge is 2.32. The van der Waals surface area contributed by atoms with E-state index < -0.39 is 0 Å². The maximum absolute atomic E-state index is 12.9. The molecule has 3 rings (SSSR count). The molecule has 0 bridgehead atoms. The quantitative estimate of drug-likeness (QED) is 0.615. The molecule has 2 saturated heterocycles. The Balaban J connectivity index is 0.00000320. The normalized spacial score (nSPS) is 25.8. The third-order valence-electron chi connectivity index (χ3n) is 6.98. The summed E-state index contributed by atoms with van der Waals surface area (Å²) in [5, 5.41) is 6.54. The Bertz CT molecular complexity index is 567. The summed E-state index contributed by atoms with van der Waals surface area (Å²) < 4.78 is 4.75. The lowest BCUT2D eigenvalue weighted by Gasteiger charge is -2.36. The molecule has 1 aliphatic carbocycles. The first-order valence-corrected chi connectivity index (χ1v) is 11.4. The number of amides is 2. The van der Waals surface area contributed by atoms with Crippen molar-refractivity contribution in [3.8, 4) is 0 Å². The van der Waals surface area contributed by atoms with Crippen LogP contribution in [0.4, 0.5) is 0 Å². The fourth-order valence-corrected chi connectivity index (χ4v) is 5.05. The molecule has 2 N–H and O–H groups in total. The maximum Gasteiger partial charge on any atom is 0.305 e. The van der Waals surface area contributed by atoms with Gasteiger partial charge in [-0.05, 0) is 76.3 Å². The van der Waals surface area contributed by atoms with Crippen molar-refractivity contribution in [2.75, 3.05) is 33.3 Å². The van der Waals surface area contributed by atoms with E-state index in [9.17, 15) is 14.4 Å². The third-order valence-corrected chi connectivity index (χ3v) is 6.98. The second kappa shape index (κ2) is 12.5. The maximum atomic E-state index is 12.9. The zero-order valence-electron chi connectivity index (χ0n) is 18.2. The van der Waals surface area contributed by atoms with E-state index in [4.69, 9.17) is 4.74 Å². The number of methoxy groups -OCH3 is 1. The molecule has 172 valence electrons. The summed E-state index contributed by atoms with van der Waals surface area (Å²) >= 11 is 0. The largest absolute Gasteiger partial charge is 0.469 e. The van der Waals surface area contributed by atoms with Gasteiger partial charge in [-0.2, -0.15) is 0 Å². The molecule has 0 aromatic rings. The van der Waals surface area contributed by atoms with E-state index in [1.54, 1.807) is 0 Å². The van der Waals surface area contributed by atoms with Crippen LogP contribution >= 0.6 is 12.4 Å². The highest BCUT2D eigenvalue weighted by Crippen LogP contribution is 2.29. The average Bonchev–Trinajstić information content (AvgIpc) is 2.75. The highest BCUT2D eigenvalue weighted by atomic mass is 35.5. The van der Waals surface area contributed by atoms with Crippen molar-refractivity contribution < 1.29 is 19.1 Å². The number of rotatable bonds is 6. The first-order chi connectivity index (χ1) is 14.0. The van der Waals surface area contributed by atoms with Gasteiger partial charge in [-0.1, -0.05) is 0 Å². The summed E-state index contributed by atoms with van der Waals surface area (Å²) in [4.78, 5) is 38.6. The standard InChI is InChI=1S/C22H37N3O4.ClH/c1-29-21(27)15-17-8-12-25(13-9-17)22(28)18-2-4-19(5-3-18)24-20(26)14-16-6-10-23-11-7-16;/h16-19,23H,2-15H2,1H3,(H,24,26);1H/t18-,19-;. The van der Waals surface area contributed by atoms with Crippen LogP contribution in [0, 0.1) is 17.8 Å². The van der Waals surface area contributed by atoms with Crippen molar-refractivity contribution in [1.29, 1.82) is 0 Å². The van der Waals surface area contributed by atoms with Gasteiger partial charge in [0, 0.05) is 37.9 Å². The van der Waals surface area contributed by atoms with E-state index in [0.29, 0.717) is 24.7 Å². The van der Waals surface area contributed by atoms with Crippen LogP contribution in [0.15, 0.2) is 0 Å². The molecule has 7 nitrogen and oxygen atoms in total. The summed E-state index contributed by atoms with van der Waals surface area (Å²) in [5.41, 5.74) is 0. The minimum atomic E-state index is -0.157. The number of hydrogen-bond donors (Lipinski definition) is 2. The molecule has 3 aliphatic rings. The van der Waals surface area contributed by atoms with Crippen LogP contribution in [0.5, 0.6) is 0 Å². The number of nitrogens with one attached hydrogen (secondary N) is 2. The molecule has 0 aromatic heterocycles. The number of ether oxygens (including phenoxy) is 1. The number of nitrogens with zero attached hydrogens (tertiary/aromatic N) is 1. The zero-order chi connectivity index (χ0) is 20.6. The van der Waals surface area contributed by atoms with E-state index >= 15 is 0 Å². The van der Waals surface area contributed by atoms with E-state index in [-0.39, 0.29) is 42.2 Å². The monoisotopic (exact) mass is 443 g/mol. The molecule has 0 unspecified atom stereocenters.